The van der Waals surface area contributed by atoms with Crippen molar-refractivity contribution < 1.29 is 9.84 Å². The molecule has 2 aliphatic rings. The summed E-state index contributed by atoms with van der Waals surface area (Å²) in [6.07, 6.45) is 4.36. The molecule has 2 aliphatic heterocycles. The summed E-state index contributed by atoms with van der Waals surface area (Å²) in [5.74, 6) is 0.735. The van der Waals surface area contributed by atoms with Crippen molar-refractivity contribution in [2.24, 2.45) is 5.11 Å². The molecule has 9 heteroatoms. The zero-order valence-corrected chi connectivity index (χ0v) is 13.7. The Bertz CT molecular complexity index is 693. The maximum Gasteiger partial charge on any atom is 0.351 e. The van der Waals surface area contributed by atoms with Crippen molar-refractivity contribution in [3.05, 3.63) is 32.7 Å². The van der Waals surface area contributed by atoms with Crippen LogP contribution in [0.5, 0.6) is 0 Å². The van der Waals surface area contributed by atoms with Gasteiger partial charge in [-0.15, -0.1) is 0 Å². The van der Waals surface area contributed by atoms with Crippen molar-refractivity contribution in [1.29, 1.82) is 0 Å². The first-order valence-electron chi connectivity index (χ1n) is 8.29. The minimum Gasteiger partial charge on any atom is -0.394 e. The first-order valence-corrected chi connectivity index (χ1v) is 8.29. The third kappa shape index (κ3) is 3.24. The number of ether oxygens (including phenoxy) is 1. The Hall–Kier alpha value is -2.09. The van der Waals surface area contributed by atoms with Gasteiger partial charge in [0.25, 0.3) is 0 Å². The third-order valence-electron chi connectivity index (χ3n) is 4.66. The third-order valence-corrected chi connectivity index (χ3v) is 4.66. The molecule has 1 aromatic heterocycles. The SMILES string of the molecule is Cc1cn([C@@H]2C[C@@H](N=[N+]=[N-])[C@H](CO)O2)c(=O)nc1N1CCCCC1. The Balaban J connectivity index is 1.86. The number of nitrogens with zero attached hydrogens (tertiary/aromatic N) is 6. The molecular weight excluding hydrogens is 312 g/mol. The van der Waals surface area contributed by atoms with Crippen LogP contribution >= 0.6 is 0 Å². The fraction of sp³-hybridized carbons (Fsp3) is 0.733. The minimum absolute atomic E-state index is 0.257. The second-order valence-electron chi connectivity index (χ2n) is 6.30. The van der Waals surface area contributed by atoms with Gasteiger partial charge in [-0.3, -0.25) is 4.57 Å². The quantitative estimate of drug-likeness (QED) is 0.509. The molecule has 0 amide bonds. The van der Waals surface area contributed by atoms with Gasteiger partial charge in [0.2, 0.25) is 0 Å². The molecule has 0 unspecified atom stereocenters. The number of aliphatic hydroxyl groups is 1. The van der Waals surface area contributed by atoms with E-state index in [1.165, 1.54) is 11.0 Å². The number of aliphatic hydroxyl groups excluding tert-OH is 1. The van der Waals surface area contributed by atoms with Crippen LogP contribution in [0.25, 0.3) is 10.4 Å². The van der Waals surface area contributed by atoms with Gasteiger partial charge in [0.1, 0.15) is 12.0 Å². The van der Waals surface area contributed by atoms with Crippen LogP contribution in [0.3, 0.4) is 0 Å². The van der Waals surface area contributed by atoms with Crippen LogP contribution in [0.15, 0.2) is 16.1 Å². The fourth-order valence-corrected chi connectivity index (χ4v) is 3.43. The van der Waals surface area contributed by atoms with Crippen molar-refractivity contribution in [2.45, 2.75) is 51.0 Å². The van der Waals surface area contributed by atoms with Crippen LogP contribution in [0, 0.1) is 6.92 Å². The lowest BCUT2D eigenvalue weighted by Crippen LogP contribution is -2.35. The lowest BCUT2D eigenvalue weighted by molar-refractivity contribution is -0.0270. The van der Waals surface area contributed by atoms with E-state index < -0.39 is 18.4 Å². The van der Waals surface area contributed by atoms with Gasteiger partial charge >= 0.3 is 5.69 Å². The van der Waals surface area contributed by atoms with E-state index in [4.69, 9.17) is 10.3 Å². The van der Waals surface area contributed by atoms with Gasteiger partial charge in [-0.05, 0) is 31.7 Å². The standard InChI is InChI=1S/C15H22N6O3/c1-10-8-21(13-7-11(18-19-16)12(9-22)24-13)15(23)17-14(10)20-5-3-2-4-6-20/h8,11-13,22H,2-7,9H2,1H3/t11-,12+,13+/m1/s1. The minimum atomic E-state index is -0.597. The molecule has 130 valence electrons. The molecular formula is C15H22N6O3. The van der Waals surface area contributed by atoms with Gasteiger partial charge < -0.3 is 14.7 Å². The normalized spacial score (nSPS) is 27.1. The number of piperidine rings is 1. The predicted molar refractivity (Wildman–Crippen MR) is 87.8 cm³/mol. The first-order chi connectivity index (χ1) is 11.6. The van der Waals surface area contributed by atoms with Crippen molar-refractivity contribution in [1.82, 2.24) is 9.55 Å². The Kier molecular flexibility index (Phi) is 5.03. The van der Waals surface area contributed by atoms with Crippen LogP contribution in [0.4, 0.5) is 5.82 Å². The van der Waals surface area contributed by atoms with Gasteiger partial charge in [0.05, 0.1) is 18.8 Å². The van der Waals surface area contributed by atoms with Crippen molar-refractivity contribution in [3.8, 4) is 0 Å². The highest BCUT2D eigenvalue weighted by atomic mass is 16.5. The maximum atomic E-state index is 12.5. The van der Waals surface area contributed by atoms with Gasteiger partial charge in [-0.1, -0.05) is 5.11 Å². The van der Waals surface area contributed by atoms with E-state index in [-0.39, 0.29) is 12.3 Å². The average molecular weight is 334 g/mol. The number of azide groups is 1. The summed E-state index contributed by atoms with van der Waals surface area (Å²) in [5, 5.41) is 13.0. The molecule has 0 spiro atoms. The molecule has 0 saturated carbocycles. The van der Waals surface area contributed by atoms with E-state index in [1.807, 2.05) is 6.92 Å². The molecule has 3 atom stereocenters. The van der Waals surface area contributed by atoms with Crippen LogP contribution in [-0.2, 0) is 4.74 Å². The van der Waals surface area contributed by atoms with E-state index in [9.17, 15) is 9.90 Å². The maximum absolute atomic E-state index is 12.5. The highest BCUT2D eigenvalue weighted by Gasteiger charge is 2.36. The number of aryl methyl sites for hydroxylation is 1. The van der Waals surface area contributed by atoms with Crippen LogP contribution < -0.4 is 10.6 Å². The van der Waals surface area contributed by atoms with Gasteiger partial charge in [0.15, 0.2) is 0 Å². The molecule has 0 aromatic carbocycles. The molecule has 3 rings (SSSR count). The molecule has 3 heterocycles. The van der Waals surface area contributed by atoms with Gasteiger partial charge in [0, 0.05) is 36.2 Å². The molecule has 2 saturated heterocycles. The van der Waals surface area contributed by atoms with Crippen LogP contribution in [0.2, 0.25) is 0 Å². The van der Waals surface area contributed by atoms with Crippen molar-refractivity contribution in [2.75, 3.05) is 24.6 Å². The van der Waals surface area contributed by atoms with E-state index in [0.29, 0.717) is 6.42 Å². The molecule has 0 radical (unpaired) electrons. The summed E-state index contributed by atoms with van der Waals surface area (Å²) < 4.78 is 7.11. The molecule has 1 N–H and O–H groups in total. The topological polar surface area (TPSA) is 116 Å². The number of hydrogen-bond acceptors (Lipinski definition) is 6. The first kappa shape index (κ1) is 16.8. The Labute approximate surface area is 139 Å². The largest absolute Gasteiger partial charge is 0.394 e. The number of aromatic nitrogens is 2. The average Bonchev–Trinajstić information content (AvgIpc) is 3.00. The van der Waals surface area contributed by atoms with E-state index in [1.54, 1.807) is 6.20 Å². The number of hydrogen-bond donors (Lipinski definition) is 1. The lowest BCUT2D eigenvalue weighted by atomic mass is 10.1. The fourth-order valence-electron chi connectivity index (χ4n) is 3.43. The van der Waals surface area contributed by atoms with Crippen LogP contribution in [-0.4, -0.2) is 46.5 Å². The summed E-state index contributed by atoms with van der Waals surface area (Å²) in [6.45, 7) is 3.51. The highest BCUT2D eigenvalue weighted by Crippen LogP contribution is 2.30. The second kappa shape index (κ2) is 7.21. The predicted octanol–water partition coefficient (Wildman–Crippen LogP) is 1.50. The zero-order valence-electron chi connectivity index (χ0n) is 13.7. The molecule has 1 aromatic rings. The molecule has 9 nitrogen and oxygen atoms in total. The zero-order chi connectivity index (χ0) is 17.1. The Morgan fingerprint density at radius 2 is 2.21 bits per heavy atom. The summed E-state index contributed by atoms with van der Waals surface area (Å²) in [6, 6.07) is -0.487. The summed E-state index contributed by atoms with van der Waals surface area (Å²) >= 11 is 0. The van der Waals surface area contributed by atoms with Gasteiger partial charge in [-0.2, -0.15) is 4.98 Å². The Morgan fingerprint density at radius 3 is 2.88 bits per heavy atom. The monoisotopic (exact) mass is 334 g/mol. The summed E-state index contributed by atoms with van der Waals surface area (Å²) in [5.41, 5.74) is 9.14. The number of rotatable bonds is 4. The van der Waals surface area contributed by atoms with E-state index in [2.05, 4.69) is 19.9 Å². The second-order valence-corrected chi connectivity index (χ2v) is 6.30. The van der Waals surface area contributed by atoms with E-state index >= 15 is 0 Å². The summed E-state index contributed by atoms with van der Waals surface area (Å²) in [7, 11) is 0. The smallest absolute Gasteiger partial charge is 0.351 e. The lowest BCUT2D eigenvalue weighted by Gasteiger charge is -2.29. The highest BCUT2D eigenvalue weighted by molar-refractivity contribution is 5.45. The number of anilines is 1. The summed E-state index contributed by atoms with van der Waals surface area (Å²) in [4.78, 5) is 21.6. The van der Waals surface area contributed by atoms with Gasteiger partial charge in [-0.25, -0.2) is 4.79 Å². The van der Waals surface area contributed by atoms with Crippen LogP contribution in [0.1, 0.15) is 37.5 Å². The van der Waals surface area contributed by atoms with Crippen molar-refractivity contribution >= 4 is 5.82 Å². The van der Waals surface area contributed by atoms with E-state index in [0.717, 1.165) is 37.3 Å². The molecule has 0 aliphatic carbocycles. The molecule has 24 heavy (non-hydrogen) atoms. The molecule has 2 fully saturated rings. The van der Waals surface area contributed by atoms with Crippen molar-refractivity contribution in [3.63, 3.8) is 0 Å². The Morgan fingerprint density at radius 1 is 1.46 bits per heavy atom. The molecule has 0 bridgehead atoms.